The third-order valence-electron chi connectivity index (χ3n) is 4.84. The minimum Gasteiger partial charge on any atom is -0.477 e. The molecule has 3 rings (SSSR count). The maximum Gasteiger partial charge on any atom is 0.310 e. The van der Waals surface area contributed by atoms with E-state index in [-0.39, 0.29) is 24.0 Å². The van der Waals surface area contributed by atoms with E-state index in [1.54, 1.807) is 17.0 Å². The number of para-hydroxylation sites is 2. The number of carbonyl (C=O) groups excluding carboxylic acids is 1. The second-order valence-corrected chi connectivity index (χ2v) is 6.83. The molecule has 29 heavy (non-hydrogen) atoms. The highest BCUT2D eigenvalue weighted by molar-refractivity contribution is 5.78. The first-order chi connectivity index (χ1) is 14.1. The van der Waals surface area contributed by atoms with Crippen molar-refractivity contribution in [2.24, 2.45) is 0 Å². The molecule has 0 atom stereocenters. The van der Waals surface area contributed by atoms with Crippen LogP contribution in [0.3, 0.4) is 0 Å². The Hall–Kier alpha value is -3.44. The number of nitro benzene ring substituents is 1. The summed E-state index contributed by atoms with van der Waals surface area (Å²) in [6.07, 6.45) is 0.841. The maximum absolute atomic E-state index is 12.5. The summed E-state index contributed by atoms with van der Waals surface area (Å²) in [5, 5.41) is 19.9. The number of hydrogen-bond acceptors (Lipinski definition) is 6. The minimum absolute atomic E-state index is 0.100. The van der Waals surface area contributed by atoms with Crippen LogP contribution in [-0.4, -0.2) is 53.4 Å². The topological polar surface area (TPSA) is 99.7 Å². The quantitative estimate of drug-likeness (QED) is 0.551. The highest BCUT2D eigenvalue weighted by Gasteiger charge is 2.21. The van der Waals surface area contributed by atoms with Gasteiger partial charge in [-0.2, -0.15) is 5.26 Å². The van der Waals surface area contributed by atoms with Crippen LogP contribution < -0.4 is 4.74 Å². The van der Waals surface area contributed by atoms with Gasteiger partial charge < -0.3 is 9.64 Å². The number of benzene rings is 2. The van der Waals surface area contributed by atoms with E-state index >= 15 is 0 Å². The third-order valence-corrected chi connectivity index (χ3v) is 4.84. The zero-order valence-corrected chi connectivity index (χ0v) is 16.0. The zero-order chi connectivity index (χ0) is 20.6. The first kappa shape index (κ1) is 20.3. The fourth-order valence-corrected chi connectivity index (χ4v) is 3.28. The van der Waals surface area contributed by atoms with Crippen molar-refractivity contribution in [3.8, 4) is 11.8 Å². The number of nitro groups is 1. The lowest BCUT2D eigenvalue weighted by Gasteiger charge is -2.22. The molecule has 0 aromatic heterocycles. The molecule has 8 heteroatoms. The Bertz CT molecular complexity index is 908. The van der Waals surface area contributed by atoms with Crippen molar-refractivity contribution < 1.29 is 14.5 Å². The average molecular weight is 394 g/mol. The molecule has 1 aliphatic heterocycles. The molecular weight excluding hydrogens is 372 g/mol. The molecule has 1 heterocycles. The average Bonchev–Trinajstić information content (AvgIpc) is 2.98. The van der Waals surface area contributed by atoms with Gasteiger partial charge in [0.25, 0.3) is 5.91 Å². The molecule has 2 aromatic carbocycles. The molecule has 0 spiro atoms. The van der Waals surface area contributed by atoms with E-state index in [4.69, 9.17) is 10.00 Å². The van der Waals surface area contributed by atoms with Crippen LogP contribution in [0.4, 0.5) is 5.69 Å². The summed E-state index contributed by atoms with van der Waals surface area (Å²) in [4.78, 5) is 27.1. The molecule has 2 aromatic rings. The van der Waals surface area contributed by atoms with E-state index < -0.39 is 4.92 Å². The van der Waals surface area contributed by atoms with Crippen molar-refractivity contribution in [2.45, 2.75) is 13.0 Å². The third kappa shape index (κ3) is 5.53. The van der Waals surface area contributed by atoms with Crippen molar-refractivity contribution >= 4 is 11.6 Å². The Morgan fingerprint density at radius 1 is 1.10 bits per heavy atom. The smallest absolute Gasteiger partial charge is 0.310 e. The first-order valence-electron chi connectivity index (χ1n) is 9.42. The molecule has 1 amide bonds. The van der Waals surface area contributed by atoms with Crippen LogP contribution >= 0.6 is 0 Å². The van der Waals surface area contributed by atoms with Gasteiger partial charge in [-0.3, -0.25) is 19.8 Å². The summed E-state index contributed by atoms with van der Waals surface area (Å²) in [6, 6.07) is 15.7. The number of carbonyl (C=O) groups is 1. The molecule has 1 aliphatic rings. The molecule has 0 N–H and O–H groups in total. The lowest BCUT2D eigenvalue weighted by Crippen LogP contribution is -2.38. The number of nitriles is 1. The Balaban J connectivity index is 1.51. The predicted molar refractivity (Wildman–Crippen MR) is 106 cm³/mol. The van der Waals surface area contributed by atoms with Gasteiger partial charge in [-0.05, 0) is 30.2 Å². The molecule has 0 unspecified atom stereocenters. The minimum atomic E-state index is -0.521. The number of amides is 1. The van der Waals surface area contributed by atoms with Gasteiger partial charge in [-0.25, -0.2) is 0 Å². The summed E-state index contributed by atoms with van der Waals surface area (Å²) in [5.74, 6) is -0.0773. The Morgan fingerprint density at radius 2 is 1.86 bits per heavy atom. The molecule has 0 saturated carbocycles. The molecule has 0 bridgehead atoms. The summed E-state index contributed by atoms with van der Waals surface area (Å²) < 4.78 is 5.43. The van der Waals surface area contributed by atoms with E-state index in [1.807, 2.05) is 24.3 Å². The van der Waals surface area contributed by atoms with Gasteiger partial charge in [-0.1, -0.05) is 24.3 Å². The summed E-state index contributed by atoms with van der Waals surface area (Å²) in [7, 11) is 0. The first-order valence-corrected chi connectivity index (χ1v) is 9.42. The second kappa shape index (κ2) is 9.66. The van der Waals surface area contributed by atoms with Gasteiger partial charge in [0.2, 0.25) is 0 Å². The molecule has 0 aliphatic carbocycles. The van der Waals surface area contributed by atoms with Crippen molar-refractivity contribution in [3.05, 3.63) is 69.8 Å². The fraction of sp³-hybridized carbons (Fsp3) is 0.333. The van der Waals surface area contributed by atoms with Crippen LogP contribution in [0.2, 0.25) is 0 Å². The monoisotopic (exact) mass is 394 g/mol. The van der Waals surface area contributed by atoms with Crippen LogP contribution in [0.1, 0.15) is 17.5 Å². The van der Waals surface area contributed by atoms with Crippen LogP contribution in [0, 0.1) is 21.4 Å². The number of ether oxygens (including phenoxy) is 1. The number of nitrogens with zero attached hydrogens (tertiary/aromatic N) is 4. The molecule has 1 saturated heterocycles. The van der Waals surface area contributed by atoms with E-state index in [2.05, 4.69) is 11.0 Å². The number of hydrogen-bond donors (Lipinski definition) is 0. The van der Waals surface area contributed by atoms with Gasteiger partial charge in [0.1, 0.15) is 0 Å². The largest absolute Gasteiger partial charge is 0.477 e. The Labute approximate surface area is 169 Å². The van der Waals surface area contributed by atoms with Crippen LogP contribution in [-0.2, 0) is 11.3 Å². The maximum atomic E-state index is 12.5. The summed E-state index contributed by atoms with van der Waals surface area (Å²) in [6.45, 7) is 3.35. The highest BCUT2D eigenvalue weighted by Crippen LogP contribution is 2.25. The van der Waals surface area contributed by atoms with Crippen molar-refractivity contribution in [1.82, 2.24) is 9.80 Å². The normalized spacial score (nSPS) is 14.7. The molecule has 8 nitrogen and oxygen atoms in total. The Kier molecular flexibility index (Phi) is 6.76. The molecular formula is C21H22N4O4. The number of rotatable bonds is 6. The summed E-state index contributed by atoms with van der Waals surface area (Å²) >= 11 is 0. The molecule has 1 fully saturated rings. The fourth-order valence-electron chi connectivity index (χ4n) is 3.28. The molecule has 150 valence electrons. The van der Waals surface area contributed by atoms with E-state index in [0.717, 1.165) is 31.6 Å². The second-order valence-electron chi connectivity index (χ2n) is 6.83. The summed E-state index contributed by atoms with van der Waals surface area (Å²) in [5.41, 5.74) is 1.62. The molecule has 0 radical (unpaired) electrons. The lowest BCUT2D eigenvalue weighted by molar-refractivity contribution is -0.385. The van der Waals surface area contributed by atoms with Gasteiger partial charge in [0.15, 0.2) is 12.4 Å². The van der Waals surface area contributed by atoms with Crippen LogP contribution in [0.5, 0.6) is 5.75 Å². The van der Waals surface area contributed by atoms with Gasteiger partial charge in [0.05, 0.1) is 16.6 Å². The van der Waals surface area contributed by atoms with Crippen molar-refractivity contribution in [1.29, 1.82) is 5.26 Å². The predicted octanol–water partition coefficient (Wildman–Crippen LogP) is 2.58. The highest BCUT2D eigenvalue weighted by atomic mass is 16.6. The van der Waals surface area contributed by atoms with Crippen molar-refractivity contribution in [3.63, 3.8) is 0 Å². The van der Waals surface area contributed by atoms with Gasteiger partial charge in [-0.15, -0.1) is 0 Å². The van der Waals surface area contributed by atoms with E-state index in [9.17, 15) is 14.9 Å². The van der Waals surface area contributed by atoms with E-state index in [0.29, 0.717) is 18.7 Å². The van der Waals surface area contributed by atoms with Crippen molar-refractivity contribution in [2.75, 3.05) is 32.8 Å². The standard InChI is InChI=1S/C21H22N4O4/c22-14-17-6-8-18(9-7-17)15-23-10-3-11-24(13-12-23)21(26)16-29-20-5-2-1-4-19(20)25(27)28/h1-2,4-9H,3,10-13,15-16H2. The SMILES string of the molecule is N#Cc1ccc(CN2CCCN(C(=O)COc3ccccc3[N+](=O)[O-])CC2)cc1. The van der Waals surface area contributed by atoms with E-state index in [1.165, 1.54) is 12.1 Å². The van der Waals surface area contributed by atoms with Crippen LogP contribution in [0.15, 0.2) is 48.5 Å². The lowest BCUT2D eigenvalue weighted by atomic mass is 10.1. The van der Waals surface area contributed by atoms with Crippen LogP contribution in [0.25, 0.3) is 0 Å². The zero-order valence-electron chi connectivity index (χ0n) is 16.0. The van der Waals surface area contributed by atoms with Gasteiger partial charge in [0, 0.05) is 38.8 Å². The van der Waals surface area contributed by atoms with Gasteiger partial charge >= 0.3 is 5.69 Å². The Morgan fingerprint density at radius 3 is 2.59 bits per heavy atom.